The van der Waals surface area contributed by atoms with Gasteiger partial charge in [-0.3, -0.25) is 5.32 Å². The van der Waals surface area contributed by atoms with Crippen LogP contribution in [0.25, 0.3) is 10.9 Å². The molecule has 1 N–H and O–H groups in total. The van der Waals surface area contributed by atoms with E-state index in [-0.39, 0.29) is 11.6 Å². The smallest absolute Gasteiger partial charge is 0.412 e. The highest BCUT2D eigenvalue weighted by molar-refractivity contribution is 6.33. The standard InChI is InChI=1S/C26H24ClN3O7/c1-32-21-8-5-15(9-22(21)33-2)13-36-26(31)30-19-7-6-16(10-18(19)27)37-25-17-11-23(34-3)24(35-4)12-20(17)28-14-29-25/h5-12,14H,13H2,1-4H3,(H,30,31). The third-order valence-electron chi connectivity index (χ3n) is 5.31. The lowest BCUT2D eigenvalue weighted by Crippen LogP contribution is -2.13. The van der Waals surface area contributed by atoms with Crippen molar-refractivity contribution in [2.24, 2.45) is 0 Å². The Morgan fingerprint density at radius 2 is 1.54 bits per heavy atom. The minimum Gasteiger partial charge on any atom is -0.493 e. The third kappa shape index (κ3) is 5.87. The van der Waals surface area contributed by atoms with Gasteiger partial charge in [0.05, 0.1) is 50.1 Å². The van der Waals surface area contributed by atoms with Gasteiger partial charge in [0.1, 0.15) is 18.7 Å². The van der Waals surface area contributed by atoms with Crippen molar-refractivity contribution >= 4 is 34.3 Å². The molecule has 0 aliphatic heterocycles. The summed E-state index contributed by atoms with van der Waals surface area (Å²) in [5.41, 5.74) is 1.70. The van der Waals surface area contributed by atoms with Crippen LogP contribution in [-0.2, 0) is 11.3 Å². The Balaban J connectivity index is 1.44. The minimum absolute atomic E-state index is 0.0278. The van der Waals surface area contributed by atoms with E-state index in [0.717, 1.165) is 5.56 Å². The first kappa shape index (κ1) is 25.6. The maximum Gasteiger partial charge on any atom is 0.412 e. The highest BCUT2D eigenvalue weighted by Gasteiger charge is 2.14. The van der Waals surface area contributed by atoms with Crippen LogP contribution in [0.15, 0.2) is 54.9 Å². The van der Waals surface area contributed by atoms with E-state index < -0.39 is 6.09 Å². The SMILES string of the molecule is COc1ccc(COC(=O)Nc2ccc(Oc3ncnc4cc(OC)c(OC)cc34)cc2Cl)cc1OC. The second-order valence-corrected chi connectivity index (χ2v) is 7.94. The molecule has 0 aliphatic carbocycles. The summed E-state index contributed by atoms with van der Waals surface area (Å²) >= 11 is 6.39. The fourth-order valence-electron chi connectivity index (χ4n) is 3.48. The number of aromatic nitrogens is 2. The molecule has 37 heavy (non-hydrogen) atoms. The second-order valence-electron chi connectivity index (χ2n) is 7.54. The first-order valence-corrected chi connectivity index (χ1v) is 11.3. The molecule has 0 unspecified atom stereocenters. The van der Waals surface area contributed by atoms with Gasteiger partial charge in [0.2, 0.25) is 5.88 Å². The van der Waals surface area contributed by atoms with Gasteiger partial charge in [-0.1, -0.05) is 17.7 Å². The molecule has 192 valence electrons. The molecule has 0 saturated carbocycles. The van der Waals surface area contributed by atoms with Gasteiger partial charge in [0.25, 0.3) is 0 Å². The number of carbonyl (C=O) groups excluding carboxylic acids is 1. The van der Waals surface area contributed by atoms with Crippen molar-refractivity contribution < 1.29 is 33.2 Å². The average Bonchev–Trinajstić information content (AvgIpc) is 2.92. The zero-order chi connectivity index (χ0) is 26.4. The summed E-state index contributed by atoms with van der Waals surface area (Å²) in [4.78, 5) is 20.8. The van der Waals surface area contributed by atoms with Crippen LogP contribution in [0, 0.1) is 0 Å². The molecule has 0 spiro atoms. The van der Waals surface area contributed by atoms with Gasteiger partial charge in [-0.2, -0.15) is 0 Å². The second kappa shape index (κ2) is 11.5. The number of hydrogen-bond donors (Lipinski definition) is 1. The fraction of sp³-hybridized carbons (Fsp3) is 0.192. The van der Waals surface area contributed by atoms with E-state index in [1.165, 1.54) is 13.4 Å². The van der Waals surface area contributed by atoms with Crippen LogP contribution in [-0.4, -0.2) is 44.5 Å². The lowest BCUT2D eigenvalue weighted by molar-refractivity contribution is 0.155. The molecule has 0 fully saturated rings. The molecule has 4 aromatic rings. The van der Waals surface area contributed by atoms with Gasteiger partial charge in [0.15, 0.2) is 23.0 Å². The number of nitrogens with one attached hydrogen (secondary N) is 1. The van der Waals surface area contributed by atoms with Crippen LogP contribution in [0.1, 0.15) is 5.56 Å². The summed E-state index contributed by atoms with van der Waals surface area (Å²) < 4.78 is 32.4. The van der Waals surface area contributed by atoms with Crippen molar-refractivity contribution in [1.29, 1.82) is 0 Å². The van der Waals surface area contributed by atoms with Crippen LogP contribution < -0.4 is 29.0 Å². The van der Waals surface area contributed by atoms with E-state index in [1.54, 1.807) is 69.9 Å². The number of carbonyl (C=O) groups is 1. The zero-order valence-corrected chi connectivity index (χ0v) is 21.3. The largest absolute Gasteiger partial charge is 0.493 e. The number of halogens is 1. The van der Waals surface area contributed by atoms with E-state index in [0.29, 0.717) is 51.2 Å². The molecule has 1 amide bonds. The number of benzene rings is 3. The van der Waals surface area contributed by atoms with E-state index in [4.69, 9.17) is 40.0 Å². The zero-order valence-electron chi connectivity index (χ0n) is 20.5. The number of hydrogen-bond acceptors (Lipinski definition) is 9. The van der Waals surface area contributed by atoms with E-state index in [1.807, 2.05) is 0 Å². The summed E-state index contributed by atoms with van der Waals surface area (Å²) in [5.74, 6) is 2.88. The molecule has 0 saturated heterocycles. The Morgan fingerprint density at radius 3 is 2.24 bits per heavy atom. The highest BCUT2D eigenvalue weighted by Crippen LogP contribution is 2.37. The van der Waals surface area contributed by atoms with Crippen LogP contribution in [0.3, 0.4) is 0 Å². The summed E-state index contributed by atoms with van der Waals surface area (Å²) in [7, 11) is 6.17. The lowest BCUT2D eigenvalue weighted by Gasteiger charge is -2.13. The molecule has 0 aliphatic rings. The summed E-state index contributed by atoms with van der Waals surface area (Å²) in [6.07, 6.45) is 0.711. The molecule has 0 atom stereocenters. The Morgan fingerprint density at radius 1 is 0.838 bits per heavy atom. The van der Waals surface area contributed by atoms with Crippen molar-refractivity contribution in [3.05, 3.63) is 65.4 Å². The van der Waals surface area contributed by atoms with Gasteiger partial charge in [-0.25, -0.2) is 14.8 Å². The lowest BCUT2D eigenvalue weighted by atomic mass is 10.2. The Hall–Kier alpha value is -4.44. The first-order valence-electron chi connectivity index (χ1n) is 10.9. The number of anilines is 1. The molecule has 11 heteroatoms. The van der Waals surface area contributed by atoms with Crippen LogP contribution in [0.4, 0.5) is 10.5 Å². The Labute approximate surface area is 218 Å². The monoisotopic (exact) mass is 525 g/mol. The maximum atomic E-state index is 12.3. The van der Waals surface area contributed by atoms with Gasteiger partial charge in [-0.15, -0.1) is 0 Å². The number of methoxy groups -OCH3 is 4. The molecule has 4 rings (SSSR count). The topological polar surface area (TPSA) is 110 Å². The molecule has 10 nitrogen and oxygen atoms in total. The van der Waals surface area contributed by atoms with Crippen molar-refractivity contribution in [3.63, 3.8) is 0 Å². The number of ether oxygens (including phenoxy) is 6. The normalized spacial score (nSPS) is 10.5. The van der Waals surface area contributed by atoms with Crippen LogP contribution in [0.2, 0.25) is 5.02 Å². The van der Waals surface area contributed by atoms with Crippen LogP contribution in [0.5, 0.6) is 34.6 Å². The summed E-state index contributed by atoms with van der Waals surface area (Å²) in [6.45, 7) is 0.0278. The van der Waals surface area contributed by atoms with Crippen molar-refractivity contribution in [2.75, 3.05) is 33.8 Å². The van der Waals surface area contributed by atoms with Crippen LogP contribution >= 0.6 is 11.6 Å². The van der Waals surface area contributed by atoms with Crippen molar-refractivity contribution in [2.45, 2.75) is 6.61 Å². The fourth-order valence-corrected chi connectivity index (χ4v) is 3.70. The summed E-state index contributed by atoms with van der Waals surface area (Å²) in [6, 6.07) is 13.5. The highest BCUT2D eigenvalue weighted by atomic mass is 35.5. The molecule has 1 heterocycles. The Kier molecular flexibility index (Phi) is 7.99. The molecular weight excluding hydrogens is 502 g/mol. The molecule has 3 aromatic carbocycles. The van der Waals surface area contributed by atoms with Crippen molar-refractivity contribution in [1.82, 2.24) is 9.97 Å². The number of rotatable bonds is 9. The summed E-state index contributed by atoms with van der Waals surface area (Å²) in [5, 5.41) is 3.49. The number of amides is 1. The van der Waals surface area contributed by atoms with Crippen molar-refractivity contribution in [3.8, 4) is 34.6 Å². The quantitative estimate of drug-likeness (QED) is 0.287. The van der Waals surface area contributed by atoms with E-state index in [2.05, 4.69) is 15.3 Å². The molecule has 0 bridgehead atoms. The predicted molar refractivity (Wildman–Crippen MR) is 138 cm³/mol. The molecular formula is C26H24ClN3O7. The first-order chi connectivity index (χ1) is 17.9. The third-order valence-corrected chi connectivity index (χ3v) is 5.63. The van der Waals surface area contributed by atoms with Gasteiger partial charge >= 0.3 is 6.09 Å². The maximum absolute atomic E-state index is 12.3. The van der Waals surface area contributed by atoms with E-state index in [9.17, 15) is 4.79 Å². The van der Waals surface area contributed by atoms with Gasteiger partial charge < -0.3 is 28.4 Å². The van der Waals surface area contributed by atoms with Gasteiger partial charge in [0, 0.05) is 12.1 Å². The molecule has 0 radical (unpaired) electrons. The predicted octanol–water partition coefficient (Wildman–Crippen LogP) is 5.86. The molecule has 1 aromatic heterocycles. The average molecular weight is 526 g/mol. The number of fused-ring (bicyclic) bond motifs is 1. The number of nitrogens with zero attached hydrogens (tertiary/aromatic N) is 2. The van der Waals surface area contributed by atoms with E-state index >= 15 is 0 Å². The Bertz CT molecular complexity index is 1430. The van der Waals surface area contributed by atoms with Gasteiger partial charge in [-0.05, 0) is 35.9 Å². The minimum atomic E-state index is -0.673.